The zero-order chi connectivity index (χ0) is 23.7. The highest BCUT2D eigenvalue weighted by molar-refractivity contribution is 6.08. The van der Waals surface area contributed by atoms with Gasteiger partial charge >= 0.3 is 0 Å². The number of aryl methyl sites for hydroxylation is 2. The van der Waals surface area contributed by atoms with Crippen LogP contribution < -0.4 is 0 Å². The second-order valence-corrected chi connectivity index (χ2v) is 9.50. The van der Waals surface area contributed by atoms with Crippen LogP contribution in [0.15, 0.2) is 70.1 Å². The van der Waals surface area contributed by atoms with Gasteiger partial charge in [-0.15, -0.1) is 0 Å². The average molecular weight is 449 g/mol. The van der Waals surface area contributed by atoms with E-state index >= 15 is 0 Å². The predicted octanol–water partition coefficient (Wildman–Crippen LogP) is 8.44. The molecule has 2 aromatic heterocycles. The molecular formula is C31H32N2O. The summed E-state index contributed by atoms with van der Waals surface area (Å²) in [6, 6.07) is 17.6. The van der Waals surface area contributed by atoms with Crippen molar-refractivity contribution in [3.63, 3.8) is 0 Å². The molecule has 5 rings (SSSR count). The van der Waals surface area contributed by atoms with E-state index in [0.29, 0.717) is 5.71 Å². The van der Waals surface area contributed by atoms with E-state index in [1.165, 1.54) is 42.4 Å². The monoisotopic (exact) mass is 448 g/mol. The Hall–Kier alpha value is -3.46. The first kappa shape index (κ1) is 22.3. The lowest BCUT2D eigenvalue weighted by molar-refractivity contribution is 0.651. The van der Waals surface area contributed by atoms with Crippen molar-refractivity contribution in [3.05, 3.63) is 88.6 Å². The van der Waals surface area contributed by atoms with Crippen molar-refractivity contribution >= 4 is 39.4 Å². The van der Waals surface area contributed by atoms with E-state index in [1.807, 2.05) is 26.3 Å². The van der Waals surface area contributed by atoms with Crippen molar-refractivity contribution in [2.75, 3.05) is 7.05 Å². The number of aromatic nitrogens is 1. The van der Waals surface area contributed by atoms with E-state index < -0.39 is 0 Å². The summed E-state index contributed by atoms with van der Waals surface area (Å²) in [7, 11) is 1.81. The average Bonchev–Trinajstić information content (AvgIpc) is 3.49. The zero-order valence-corrected chi connectivity index (χ0v) is 20.6. The summed E-state index contributed by atoms with van der Waals surface area (Å²) in [6.45, 7) is 6.30. The van der Waals surface area contributed by atoms with Crippen molar-refractivity contribution in [1.82, 2.24) is 4.98 Å². The Balaban J connectivity index is 1.58. The number of nitrogens with zero attached hydrogens (tertiary/aromatic N) is 2. The van der Waals surface area contributed by atoms with E-state index in [1.54, 1.807) is 0 Å². The van der Waals surface area contributed by atoms with E-state index in [0.717, 1.165) is 44.7 Å². The molecule has 0 aliphatic heterocycles. The van der Waals surface area contributed by atoms with Gasteiger partial charge in [0.25, 0.3) is 0 Å². The summed E-state index contributed by atoms with van der Waals surface area (Å²) in [5.41, 5.74) is 9.86. The largest absolute Gasteiger partial charge is 0.437 e. The molecule has 0 saturated heterocycles. The number of allylic oxidation sites excluding steroid dienone is 4. The number of aliphatic imine (C=N–C) groups is 1. The van der Waals surface area contributed by atoms with Crippen LogP contribution in [0.2, 0.25) is 0 Å². The van der Waals surface area contributed by atoms with E-state index in [2.05, 4.69) is 78.4 Å². The molecule has 2 aromatic carbocycles. The van der Waals surface area contributed by atoms with E-state index in [9.17, 15) is 0 Å². The van der Waals surface area contributed by atoms with Gasteiger partial charge in [0, 0.05) is 35.3 Å². The summed E-state index contributed by atoms with van der Waals surface area (Å²) >= 11 is 0. The highest BCUT2D eigenvalue weighted by Gasteiger charge is 2.18. The van der Waals surface area contributed by atoms with Gasteiger partial charge in [0.15, 0.2) is 0 Å². The summed E-state index contributed by atoms with van der Waals surface area (Å²) in [6.07, 6.45) is 11.6. The quantitative estimate of drug-likeness (QED) is 0.227. The smallest absolute Gasteiger partial charge is 0.227 e. The van der Waals surface area contributed by atoms with Gasteiger partial charge in [-0.1, -0.05) is 55.3 Å². The molecule has 0 N–H and O–H groups in total. The minimum atomic E-state index is 0.700. The number of pyridine rings is 1. The van der Waals surface area contributed by atoms with Gasteiger partial charge < -0.3 is 4.42 Å². The number of furan rings is 1. The first-order valence-corrected chi connectivity index (χ1v) is 12.3. The highest BCUT2D eigenvalue weighted by atomic mass is 16.3. The number of rotatable bonds is 5. The third-order valence-electron chi connectivity index (χ3n) is 7.09. The molecule has 4 aromatic rings. The van der Waals surface area contributed by atoms with Crippen LogP contribution in [0.1, 0.15) is 66.5 Å². The van der Waals surface area contributed by atoms with Gasteiger partial charge in [0.05, 0.1) is 0 Å². The van der Waals surface area contributed by atoms with Gasteiger partial charge in [0.2, 0.25) is 5.71 Å². The molecule has 3 nitrogen and oxygen atoms in total. The van der Waals surface area contributed by atoms with Crippen molar-refractivity contribution in [2.24, 2.45) is 4.99 Å². The van der Waals surface area contributed by atoms with Gasteiger partial charge in [-0.25, -0.2) is 4.98 Å². The minimum Gasteiger partial charge on any atom is -0.437 e. The standard InChI is InChI=1S/C31H32N2O/c1-20-9-15-27-28-16-10-22(3)33-31(28)34-30(27)29(20)21(2)19-26(17-18-32-4)25-13-11-24(12-14-25)23-7-5-6-8-23/h9-19,23H,5-8H2,1-4H3/b21-19+,26-17+,32-18+. The van der Waals surface area contributed by atoms with Crippen LogP contribution in [0.25, 0.3) is 33.2 Å². The van der Waals surface area contributed by atoms with Crippen LogP contribution in [0, 0.1) is 13.8 Å². The Bertz CT molecular complexity index is 1430. The molecule has 1 fully saturated rings. The number of fused-ring (bicyclic) bond motifs is 3. The summed E-state index contributed by atoms with van der Waals surface area (Å²) in [5, 5.41) is 2.17. The maximum atomic E-state index is 6.31. The Labute approximate surface area is 201 Å². The number of hydrogen-bond donors (Lipinski definition) is 0. The predicted molar refractivity (Wildman–Crippen MR) is 145 cm³/mol. The molecular weight excluding hydrogens is 416 g/mol. The van der Waals surface area contributed by atoms with Crippen molar-refractivity contribution in [3.8, 4) is 0 Å². The third kappa shape index (κ3) is 4.23. The Morgan fingerprint density at radius 3 is 2.44 bits per heavy atom. The molecule has 0 atom stereocenters. The molecule has 1 aliphatic rings. The van der Waals surface area contributed by atoms with Crippen molar-refractivity contribution in [2.45, 2.75) is 52.4 Å². The SMILES string of the molecule is C/N=C/C=C(\C=C(/C)c1c(C)ccc2c1oc1nc(C)ccc12)c1ccc(C2CCCC2)cc1. The molecule has 0 amide bonds. The third-order valence-corrected chi connectivity index (χ3v) is 7.09. The fourth-order valence-corrected chi connectivity index (χ4v) is 5.30. The molecule has 0 unspecified atom stereocenters. The van der Waals surface area contributed by atoms with Crippen molar-refractivity contribution < 1.29 is 4.42 Å². The second-order valence-electron chi connectivity index (χ2n) is 9.50. The lowest BCUT2D eigenvalue weighted by Gasteiger charge is -2.12. The van der Waals surface area contributed by atoms with Crippen molar-refractivity contribution in [1.29, 1.82) is 0 Å². The Morgan fingerprint density at radius 1 is 0.971 bits per heavy atom. The molecule has 0 spiro atoms. The van der Waals surface area contributed by atoms with E-state index in [-0.39, 0.29) is 0 Å². The second kappa shape index (κ2) is 9.42. The molecule has 2 heterocycles. The number of benzene rings is 2. The molecule has 1 saturated carbocycles. The molecule has 1 aliphatic carbocycles. The summed E-state index contributed by atoms with van der Waals surface area (Å²) in [5.74, 6) is 0.724. The van der Waals surface area contributed by atoms with Gasteiger partial charge in [-0.05, 0) is 85.6 Å². The summed E-state index contributed by atoms with van der Waals surface area (Å²) in [4.78, 5) is 8.83. The van der Waals surface area contributed by atoms with Gasteiger partial charge in [0.1, 0.15) is 5.58 Å². The molecule has 0 radical (unpaired) electrons. The molecule has 3 heteroatoms. The lowest BCUT2D eigenvalue weighted by Crippen LogP contribution is -1.93. The maximum absolute atomic E-state index is 6.31. The van der Waals surface area contributed by atoms with Gasteiger partial charge in [-0.2, -0.15) is 0 Å². The fraction of sp³-hybridized carbons (Fsp3) is 0.290. The minimum absolute atomic E-state index is 0.700. The van der Waals surface area contributed by atoms with Gasteiger partial charge in [-0.3, -0.25) is 4.99 Å². The first-order valence-electron chi connectivity index (χ1n) is 12.3. The van der Waals surface area contributed by atoms with Crippen LogP contribution >= 0.6 is 0 Å². The summed E-state index contributed by atoms with van der Waals surface area (Å²) < 4.78 is 6.31. The molecule has 0 bridgehead atoms. The number of hydrogen-bond acceptors (Lipinski definition) is 3. The molecule has 172 valence electrons. The van der Waals surface area contributed by atoms with Crippen LogP contribution in [0.5, 0.6) is 0 Å². The van der Waals surface area contributed by atoms with Crippen LogP contribution in [0.3, 0.4) is 0 Å². The normalized spacial score (nSPS) is 15.9. The molecule has 34 heavy (non-hydrogen) atoms. The van der Waals surface area contributed by atoms with E-state index in [4.69, 9.17) is 4.42 Å². The van der Waals surface area contributed by atoms with Crippen LogP contribution in [-0.2, 0) is 0 Å². The first-order chi connectivity index (χ1) is 16.5. The Kier molecular flexibility index (Phi) is 6.19. The highest BCUT2D eigenvalue weighted by Crippen LogP contribution is 2.37. The fourth-order valence-electron chi connectivity index (χ4n) is 5.30. The van der Waals surface area contributed by atoms with Crippen LogP contribution in [0.4, 0.5) is 0 Å². The topological polar surface area (TPSA) is 38.4 Å². The Morgan fingerprint density at radius 2 is 1.71 bits per heavy atom. The maximum Gasteiger partial charge on any atom is 0.227 e. The zero-order valence-electron chi connectivity index (χ0n) is 20.6. The van der Waals surface area contributed by atoms with Crippen LogP contribution in [-0.4, -0.2) is 18.2 Å². The lowest BCUT2D eigenvalue weighted by atomic mass is 9.93.